The standard InChI is InChI=1S/C19H25N5O2/c1-14-21-16-6-2-3-7-17(16)24(14)13-19(26)22-9-4-5-15(12-22)23-10-8-20-11-18(23)25/h2-3,6-7,15,20H,4-5,8-13H2,1H3. The van der Waals surface area contributed by atoms with Crippen LogP contribution in [0, 0.1) is 6.92 Å². The molecule has 0 bridgehead atoms. The Balaban J connectivity index is 1.47. The number of para-hydroxylation sites is 2. The number of hydrogen-bond donors (Lipinski definition) is 1. The van der Waals surface area contributed by atoms with E-state index in [0.29, 0.717) is 19.6 Å². The molecule has 2 aliphatic heterocycles. The van der Waals surface area contributed by atoms with Gasteiger partial charge in [0, 0.05) is 32.2 Å². The van der Waals surface area contributed by atoms with Crippen LogP contribution >= 0.6 is 0 Å². The highest BCUT2D eigenvalue weighted by molar-refractivity contribution is 5.82. The first kappa shape index (κ1) is 17.0. The van der Waals surface area contributed by atoms with Crippen molar-refractivity contribution < 1.29 is 9.59 Å². The summed E-state index contributed by atoms with van der Waals surface area (Å²) in [5.74, 6) is 1.10. The third-order valence-electron chi connectivity index (χ3n) is 5.45. The Bertz CT molecular complexity index is 830. The number of amides is 2. The van der Waals surface area contributed by atoms with Crippen LogP contribution < -0.4 is 5.32 Å². The molecule has 138 valence electrons. The van der Waals surface area contributed by atoms with Crippen LogP contribution in [0.15, 0.2) is 24.3 Å². The van der Waals surface area contributed by atoms with Crippen LogP contribution in [0.4, 0.5) is 0 Å². The lowest BCUT2D eigenvalue weighted by Crippen LogP contribution is -2.57. The Kier molecular flexibility index (Phi) is 4.63. The van der Waals surface area contributed by atoms with E-state index in [-0.39, 0.29) is 17.9 Å². The number of fused-ring (bicyclic) bond motifs is 1. The van der Waals surface area contributed by atoms with Crippen molar-refractivity contribution >= 4 is 22.8 Å². The maximum absolute atomic E-state index is 12.9. The molecule has 1 aromatic heterocycles. The molecule has 0 saturated carbocycles. The highest BCUT2D eigenvalue weighted by atomic mass is 16.2. The lowest BCUT2D eigenvalue weighted by Gasteiger charge is -2.41. The number of aryl methyl sites for hydroxylation is 1. The van der Waals surface area contributed by atoms with Gasteiger partial charge in [-0.1, -0.05) is 12.1 Å². The number of rotatable bonds is 3. The monoisotopic (exact) mass is 355 g/mol. The van der Waals surface area contributed by atoms with E-state index in [1.165, 1.54) is 0 Å². The molecule has 0 radical (unpaired) electrons. The van der Waals surface area contributed by atoms with Gasteiger partial charge >= 0.3 is 0 Å². The highest BCUT2D eigenvalue weighted by Gasteiger charge is 2.31. The second-order valence-electron chi connectivity index (χ2n) is 7.13. The molecule has 7 heteroatoms. The molecule has 0 spiro atoms. The summed E-state index contributed by atoms with van der Waals surface area (Å²) in [7, 11) is 0. The van der Waals surface area contributed by atoms with Crippen LogP contribution in [0.1, 0.15) is 18.7 Å². The zero-order valence-corrected chi connectivity index (χ0v) is 15.1. The Labute approximate surface area is 153 Å². The van der Waals surface area contributed by atoms with Crippen LogP contribution in [0.25, 0.3) is 11.0 Å². The van der Waals surface area contributed by atoms with Crippen LogP contribution in [0.2, 0.25) is 0 Å². The van der Waals surface area contributed by atoms with Gasteiger partial charge in [-0.2, -0.15) is 0 Å². The first-order valence-corrected chi connectivity index (χ1v) is 9.33. The maximum Gasteiger partial charge on any atom is 0.242 e. The fraction of sp³-hybridized carbons (Fsp3) is 0.526. The van der Waals surface area contributed by atoms with Gasteiger partial charge in [0.05, 0.1) is 17.6 Å². The normalized spacial score (nSPS) is 21.4. The minimum absolute atomic E-state index is 0.100. The van der Waals surface area contributed by atoms with Crippen molar-refractivity contribution in [1.82, 2.24) is 24.7 Å². The van der Waals surface area contributed by atoms with Gasteiger partial charge in [0.15, 0.2) is 0 Å². The fourth-order valence-corrected chi connectivity index (χ4v) is 4.07. The number of aromatic nitrogens is 2. The molecule has 3 heterocycles. The summed E-state index contributed by atoms with van der Waals surface area (Å²) < 4.78 is 1.98. The van der Waals surface area contributed by atoms with Crippen molar-refractivity contribution in [3.63, 3.8) is 0 Å². The second-order valence-corrected chi connectivity index (χ2v) is 7.13. The van der Waals surface area contributed by atoms with E-state index in [9.17, 15) is 9.59 Å². The molecule has 1 atom stereocenters. The molecule has 1 aromatic carbocycles. The van der Waals surface area contributed by atoms with Crippen molar-refractivity contribution in [3.05, 3.63) is 30.1 Å². The molecule has 2 aromatic rings. The molecule has 0 aliphatic carbocycles. The Morgan fingerprint density at radius 2 is 2.15 bits per heavy atom. The summed E-state index contributed by atoms with van der Waals surface area (Å²) >= 11 is 0. The molecule has 2 fully saturated rings. The minimum Gasteiger partial charge on any atom is -0.339 e. The van der Waals surface area contributed by atoms with Crippen molar-refractivity contribution in [2.45, 2.75) is 32.4 Å². The fourth-order valence-electron chi connectivity index (χ4n) is 4.07. The topological polar surface area (TPSA) is 70.5 Å². The number of hydrogen-bond acceptors (Lipinski definition) is 4. The van der Waals surface area contributed by atoms with Gasteiger partial charge in [-0.15, -0.1) is 0 Å². The predicted octanol–water partition coefficient (Wildman–Crippen LogP) is 0.768. The van der Waals surface area contributed by atoms with E-state index in [2.05, 4.69) is 10.3 Å². The highest BCUT2D eigenvalue weighted by Crippen LogP contribution is 2.19. The largest absolute Gasteiger partial charge is 0.339 e. The summed E-state index contributed by atoms with van der Waals surface area (Å²) in [4.78, 5) is 33.5. The number of imidazole rings is 1. The van der Waals surface area contributed by atoms with Crippen LogP contribution in [-0.2, 0) is 16.1 Å². The van der Waals surface area contributed by atoms with Crippen molar-refractivity contribution in [2.24, 2.45) is 0 Å². The van der Waals surface area contributed by atoms with E-state index < -0.39 is 0 Å². The summed E-state index contributed by atoms with van der Waals surface area (Å²) in [6, 6.07) is 8.04. The van der Waals surface area contributed by atoms with Gasteiger partial charge in [0.2, 0.25) is 11.8 Å². The van der Waals surface area contributed by atoms with E-state index in [1.54, 1.807) is 0 Å². The van der Waals surface area contributed by atoms with Gasteiger partial charge in [0.1, 0.15) is 12.4 Å². The van der Waals surface area contributed by atoms with E-state index in [1.807, 2.05) is 45.6 Å². The van der Waals surface area contributed by atoms with Gasteiger partial charge in [-0.05, 0) is 31.9 Å². The maximum atomic E-state index is 12.9. The lowest BCUT2D eigenvalue weighted by molar-refractivity contribution is -0.140. The van der Waals surface area contributed by atoms with E-state index in [0.717, 1.165) is 49.3 Å². The average Bonchev–Trinajstić information content (AvgIpc) is 2.98. The number of piperazine rings is 1. The quantitative estimate of drug-likeness (QED) is 0.883. The Morgan fingerprint density at radius 1 is 1.31 bits per heavy atom. The average molecular weight is 355 g/mol. The van der Waals surface area contributed by atoms with Gasteiger partial charge in [-0.3, -0.25) is 9.59 Å². The van der Waals surface area contributed by atoms with Crippen molar-refractivity contribution in [1.29, 1.82) is 0 Å². The zero-order chi connectivity index (χ0) is 18.1. The third kappa shape index (κ3) is 3.19. The van der Waals surface area contributed by atoms with E-state index in [4.69, 9.17) is 0 Å². The number of carbonyl (C=O) groups excluding carboxylic acids is 2. The number of benzene rings is 1. The van der Waals surface area contributed by atoms with Crippen molar-refractivity contribution in [2.75, 3.05) is 32.7 Å². The number of nitrogens with one attached hydrogen (secondary N) is 1. The third-order valence-corrected chi connectivity index (χ3v) is 5.45. The molecular formula is C19H25N5O2. The number of carbonyl (C=O) groups is 2. The second kappa shape index (κ2) is 7.07. The van der Waals surface area contributed by atoms with Crippen LogP contribution in [0.3, 0.4) is 0 Å². The number of piperidine rings is 1. The summed E-state index contributed by atoms with van der Waals surface area (Å²) in [6.07, 6.45) is 1.92. The molecule has 1 unspecified atom stereocenters. The minimum atomic E-state index is 0.100. The number of likely N-dealkylation sites (tertiary alicyclic amines) is 1. The first-order valence-electron chi connectivity index (χ1n) is 9.33. The molecular weight excluding hydrogens is 330 g/mol. The van der Waals surface area contributed by atoms with Gasteiger partial charge in [0.25, 0.3) is 0 Å². The molecule has 2 amide bonds. The Hall–Kier alpha value is -2.41. The summed E-state index contributed by atoms with van der Waals surface area (Å²) in [5.41, 5.74) is 1.91. The molecule has 7 nitrogen and oxygen atoms in total. The van der Waals surface area contributed by atoms with Gasteiger partial charge in [-0.25, -0.2) is 4.98 Å². The molecule has 26 heavy (non-hydrogen) atoms. The molecule has 1 N–H and O–H groups in total. The lowest BCUT2D eigenvalue weighted by atomic mass is 10.0. The molecule has 4 rings (SSSR count). The smallest absolute Gasteiger partial charge is 0.242 e. The molecule has 2 saturated heterocycles. The predicted molar refractivity (Wildman–Crippen MR) is 98.7 cm³/mol. The number of nitrogens with zero attached hydrogens (tertiary/aromatic N) is 4. The summed E-state index contributed by atoms with van der Waals surface area (Å²) in [5, 5.41) is 3.11. The van der Waals surface area contributed by atoms with Crippen LogP contribution in [0.5, 0.6) is 0 Å². The van der Waals surface area contributed by atoms with Gasteiger partial charge < -0.3 is 19.7 Å². The van der Waals surface area contributed by atoms with Crippen LogP contribution in [-0.4, -0.2) is 69.9 Å². The SMILES string of the molecule is Cc1nc2ccccc2n1CC(=O)N1CCCC(N2CCNCC2=O)C1. The zero-order valence-electron chi connectivity index (χ0n) is 15.1. The summed E-state index contributed by atoms with van der Waals surface area (Å²) in [6.45, 7) is 5.61. The Morgan fingerprint density at radius 3 is 3.00 bits per heavy atom. The molecule has 2 aliphatic rings. The van der Waals surface area contributed by atoms with Crippen molar-refractivity contribution in [3.8, 4) is 0 Å². The first-order chi connectivity index (χ1) is 12.6. The van der Waals surface area contributed by atoms with E-state index >= 15 is 0 Å².